The molecule has 0 amide bonds. The molecule has 1 aliphatic rings. The Labute approximate surface area is 189 Å². The number of hydrogen-bond acceptors (Lipinski definition) is 7. The van der Waals surface area contributed by atoms with Gasteiger partial charge in [0, 0.05) is 18.0 Å². The second kappa shape index (κ2) is 7.43. The maximum atomic E-state index is 6.01. The number of aryl methyl sites for hydroxylation is 2. The van der Waals surface area contributed by atoms with Crippen molar-refractivity contribution in [3.05, 3.63) is 64.0 Å². The highest BCUT2D eigenvalue weighted by atomic mass is 32.1. The normalized spacial score (nSPS) is 14.3. The third kappa shape index (κ3) is 3.27. The molecule has 0 N–H and O–H groups in total. The van der Waals surface area contributed by atoms with E-state index in [4.69, 9.17) is 14.1 Å². The van der Waals surface area contributed by atoms with E-state index < -0.39 is 0 Å². The van der Waals surface area contributed by atoms with Crippen LogP contribution in [-0.2, 0) is 19.6 Å². The molecule has 0 unspecified atom stereocenters. The molecule has 1 aliphatic heterocycles. The third-order valence-corrected chi connectivity index (χ3v) is 7.23. The molecule has 5 aromatic rings. The molecule has 0 atom stereocenters. The van der Waals surface area contributed by atoms with Gasteiger partial charge in [0.2, 0.25) is 5.82 Å². The van der Waals surface area contributed by atoms with Crippen LogP contribution in [0.25, 0.3) is 27.4 Å². The fraction of sp³-hybridized carbons (Fsp3) is 0.292. The van der Waals surface area contributed by atoms with E-state index in [0.29, 0.717) is 18.2 Å². The summed E-state index contributed by atoms with van der Waals surface area (Å²) in [6.07, 6.45) is 2.75. The van der Waals surface area contributed by atoms with Crippen molar-refractivity contribution in [3.8, 4) is 17.3 Å². The van der Waals surface area contributed by atoms with E-state index in [1.54, 1.807) is 22.2 Å². The van der Waals surface area contributed by atoms with Crippen LogP contribution >= 0.6 is 11.3 Å². The van der Waals surface area contributed by atoms with Crippen LogP contribution < -0.4 is 4.74 Å². The minimum absolute atomic E-state index is 0.354. The first-order chi connectivity index (χ1) is 15.5. The van der Waals surface area contributed by atoms with E-state index >= 15 is 0 Å². The molecule has 0 aliphatic carbocycles. The molecule has 5 heterocycles. The third-order valence-electron chi connectivity index (χ3n) is 6.11. The van der Waals surface area contributed by atoms with Gasteiger partial charge in [-0.25, -0.2) is 14.5 Å². The predicted molar refractivity (Wildman–Crippen MR) is 124 cm³/mol. The molecule has 0 radical (unpaired) electrons. The molecule has 0 spiro atoms. The average molecular weight is 446 g/mol. The van der Waals surface area contributed by atoms with Gasteiger partial charge in [-0.15, -0.1) is 16.4 Å². The van der Waals surface area contributed by atoms with Gasteiger partial charge in [-0.05, 0) is 68.3 Å². The summed E-state index contributed by atoms with van der Waals surface area (Å²) >= 11 is 1.76. The first-order valence-electron chi connectivity index (χ1n) is 10.7. The highest BCUT2D eigenvalue weighted by molar-refractivity contribution is 7.19. The van der Waals surface area contributed by atoms with Gasteiger partial charge < -0.3 is 14.1 Å². The molecule has 4 aromatic heterocycles. The molecule has 0 saturated heterocycles. The van der Waals surface area contributed by atoms with Crippen molar-refractivity contribution in [1.29, 1.82) is 0 Å². The Kier molecular flexibility index (Phi) is 4.51. The number of fused-ring (bicyclic) bond motifs is 5. The van der Waals surface area contributed by atoms with Crippen LogP contribution in [0.2, 0.25) is 0 Å². The van der Waals surface area contributed by atoms with E-state index in [1.165, 1.54) is 21.6 Å². The summed E-state index contributed by atoms with van der Waals surface area (Å²) in [7, 11) is 2.16. The number of furan rings is 1. The Balaban J connectivity index is 1.30. The standard InChI is InChI=1S/C24H23N5O2S/c1-14-4-5-16(10-15(14)2)30-12-17-6-7-19(31-17)22-26-23-21-18-8-9-28(3)11-20(18)32-24(21)25-13-29(23)27-22/h4-7,10,13H,8-9,11-12H2,1-3H3. The number of aromatic nitrogens is 4. The Bertz CT molecular complexity index is 1460. The minimum Gasteiger partial charge on any atom is -0.486 e. The maximum absolute atomic E-state index is 6.01. The van der Waals surface area contributed by atoms with Gasteiger partial charge in [0.05, 0.1) is 5.39 Å². The Morgan fingerprint density at radius 1 is 1.16 bits per heavy atom. The Morgan fingerprint density at radius 2 is 2.06 bits per heavy atom. The zero-order chi connectivity index (χ0) is 21.8. The number of benzene rings is 1. The largest absolute Gasteiger partial charge is 0.486 e. The van der Waals surface area contributed by atoms with Gasteiger partial charge in [0.15, 0.2) is 11.4 Å². The lowest BCUT2D eigenvalue weighted by molar-refractivity contribution is 0.271. The van der Waals surface area contributed by atoms with Crippen molar-refractivity contribution >= 4 is 27.2 Å². The number of likely N-dealkylation sites (N-methyl/N-ethyl adjacent to an activating group) is 1. The zero-order valence-electron chi connectivity index (χ0n) is 18.3. The highest BCUT2D eigenvalue weighted by Gasteiger charge is 2.23. The second-order valence-electron chi connectivity index (χ2n) is 8.42. The van der Waals surface area contributed by atoms with Crippen molar-refractivity contribution in [2.45, 2.75) is 33.4 Å². The van der Waals surface area contributed by atoms with Gasteiger partial charge >= 0.3 is 0 Å². The molecule has 0 saturated carbocycles. The zero-order valence-corrected chi connectivity index (χ0v) is 19.1. The SMILES string of the molecule is Cc1ccc(OCc2ccc(-c3nc4c5c6c(sc5ncn4n3)CN(C)CC6)o2)cc1C. The second-order valence-corrected chi connectivity index (χ2v) is 9.50. The predicted octanol–water partition coefficient (Wildman–Crippen LogP) is 4.78. The van der Waals surface area contributed by atoms with Crippen molar-refractivity contribution in [3.63, 3.8) is 0 Å². The number of hydrogen-bond donors (Lipinski definition) is 0. The Hall–Kier alpha value is -3.23. The molecule has 6 rings (SSSR count). The smallest absolute Gasteiger partial charge is 0.217 e. The first kappa shape index (κ1) is 19.5. The van der Waals surface area contributed by atoms with E-state index in [-0.39, 0.29) is 0 Å². The van der Waals surface area contributed by atoms with Gasteiger partial charge in [0.1, 0.15) is 29.3 Å². The topological polar surface area (TPSA) is 68.7 Å². The molecular weight excluding hydrogens is 422 g/mol. The maximum Gasteiger partial charge on any atom is 0.217 e. The summed E-state index contributed by atoms with van der Waals surface area (Å²) in [5, 5.41) is 5.76. The quantitative estimate of drug-likeness (QED) is 0.396. The number of ether oxygens (including phenoxy) is 1. The molecule has 0 fully saturated rings. The molecule has 8 heteroatoms. The van der Waals surface area contributed by atoms with Crippen LogP contribution in [0, 0.1) is 13.8 Å². The van der Waals surface area contributed by atoms with Crippen molar-refractivity contribution in [2.24, 2.45) is 0 Å². The number of nitrogens with zero attached hydrogens (tertiary/aromatic N) is 5. The molecule has 32 heavy (non-hydrogen) atoms. The van der Waals surface area contributed by atoms with Gasteiger partial charge in [-0.1, -0.05) is 6.07 Å². The van der Waals surface area contributed by atoms with E-state index in [9.17, 15) is 0 Å². The van der Waals surface area contributed by atoms with Gasteiger partial charge in [-0.2, -0.15) is 0 Å². The summed E-state index contributed by atoms with van der Waals surface area (Å²) in [4.78, 5) is 14.2. The van der Waals surface area contributed by atoms with Crippen molar-refractivity contribution in [2.75, 3.05) is 13.6 Å². The number of thiophene rings is 1. The van der Waals surface area contributed by atoms with Crippen molar-refractivity contribution in [1.82, 2.24) is 24.5 Å². The summed E-state index contributed by atoms with van der Waals surface area (Å²) < 4.78 is 13.7. The molecule has 162 valence electrons. The van der Waals surface area contributed by atoms with Gasteiger partial charge in [0.25, 0.3) is 0 Å². The Morgan fingerprint density at radius 3 is 2.94 bits per heavy atom. The molecule has 0 bridgehead atoms. The van der Waals surface area contributed by atoms with Crippen LogP contribution in [0.3, 0.4) is 0 Å². The first-order valence-corrected chi connectivity index (χ1v) is 11.5. The number of rotatable bonds is 4. The summed E-state index contributed by atoms with van der Waals surface area (Å²) in [6.45, 7) is 6.53. The summed E-state index contributed by atoms with van der Waals surface area (Å²) in [6, 6.07) is 9.90. The molecule has 1 aromatic carbocycles. The van der Waals surface area contributed by atoms with Crippen LogP contribution in [0.1, 0.15) is 27.3 Å². The average Bonchev–Trinajstić information content (AvgIpc) is 3.49. The van der Waals surface area contributed by atoms with E-state index in [0.717, 1.165) is 46.9 Å². The minimum atomic E-state index is 0.354. The lowest BCUT2D eigenvalue weighted by Gasteiger charge is -2.21. The summed E-state index contributed by atoms with van der Waals surface area (Å²) in [5.41, 5.74) is 4.66. The van der Waals surface area contributed by atoms with E-state index in [1.807, 2.05) is 24.3 Å². The summed E-state index contributed by atoms with van der Waals surface area (Å²) in [5.74, 6) is 2.75. The molecular formula is C24H23N5O2S. The van der Waals surface area contributed by atoms with E-state index in [2.05, 4.69) is 41.9 Å². The lowest BCUT2D eigenvalue weighted by atomic mass is 10.1. The molecule has 7 nitrogen and oxygen atoms in total. The lowest BCUT2D eigenvalue weighted by Crippen LogP contribution is -2.25. The van der Waals surface area contributed by atoms with Crippen LogP contribution in [0.4, 0.5) is 0 Å². The fourth-order valence-corrected chi connectivity index (χ4v) is 5.42. The van der Waals surface area contributed by atoms with Crippen molar-refractivity contribution < 1.29 is 9.15 Å². The van der Waals surface area contributed by atoms with Gasteiger partial charge in [-0.3, -0.25) is 0 Å². The fourth-order valence-electron chi connectivity index (χ4n) is 4.16. The van der Waals surface area contributed by atoms with Crippen LogP contribution in [0.15, 0.2) is 41.1 Å². The van der Waals surface area contributed by atoms with Crippen LogP contribution in [-0.4, -0.2) is 38.1 Å². The monoisotopic (exact) mass is 445 g/mol. The highest BCUT2D eigenvalue weighted by Crippen LogP contribution is 2.36. The van der Waals surface area contributed by atoms with Crippen LogP contribution in [0.5, 0.6) is 5.75 Å².